The third-order valence-corrected chi connectivity index (χ3v) is 9.34. The molecular weight excluding hydrogens is 681 g/mol. The van der Waals surface area contributed by atoms with Gasteiger partial charge in [-0.25, -0.2) is 37.3 Å². The molecule has 6 rings (SSSR count). The summed E-state index contributed by atoms with van der Waals surface area (Å²) in [7, 11) is 1.43. The Kier molecular flexibility index (Phi) is 10.4. The van der Waals surface area contributed by atoms with Crippen molar-refractivity contribution in [3.05, 3.63) is 54.4 Å². The van der Waals surface area contributed by atoms with E-state index in [-0.39, 0.29) is 30.5 Å². The van der Waals surface area contributed by atoms with Gasteiger partial charge in [0.1, 0.15) is 53.8 Å². The number of benzene rings is 1. The maximum absolute atomic E-state index is 13.9. The second-order valence-electron chi connectivity index (χ2n) is 11.0. The Morgan fingerprint density at radius 2 is 1.65 bits per heavy atom. The minimum absolute atomic E-state index is 0.0217. The van der Waals surface area contributed by atoms with Crippen LogP contribution in [-0.4, -0.2) is 135 Å². The summed E-state index contributed by atoms with van der Waals surface area (Å²) in [6.45, 7) is -1.43. The number of methoxy groups -OCH3 is 1. The average Bonchev–Trinajstić information content (AvgIpc) is 3.79. The van der Waals surface area contributed by atoms with Crippen LogP contribution >= 0.6 is 11.8 Å². The van der Waals surface area contributed by atoms with E-state index >= 15 is 0 Å². The fourth-order valence-electron chi connectivity index (χ4n) is 5.48. The molecule has 21 heteroatoms. The second-order valence-corrected chi connectivity index (χ2v) is 12.4. The summed E-state index contributed by atoms with van der Waals surface area (Å²) in [5.74, 6) is -5.93. The van der Waals surface area contributed by atoms with Crippen LogP contribution in [0.1, 0.15) is 12.1 Å². The third kappa shape index (κ3) is 7.22. The Morgan fingerprint density at radius 1 is 1.00 bits per heavy atom. The Hall–Kier alpha value is -4.25. The molecule has 49 heavy (non-hydrogen) atoms. The Labute approximate surface area is 278 Å². The van der Waals surface area contributed by atoms with Crippen LogP contribution in [0.2, 0.25) is 0 Å². The quantitative estimate of drug-likeness (QED) is 0.153. The van der Waals surface area contributed by atoms with E-state index in [1.54, 1.807) is 6.20 Å². The summed E-state index contributed by atoms with van der Waals surface area (Å²) in [5, 5.41) is 57.6. The molecule has 0 radical (unpaired) electrons. The van der Waals surface area contributed by atoms with Crippen molar-refractivity contribution in [3.63, 3.8) is 0 Å². The predicted octanol–water partition coefficient (Wildman–Crippen LogP) is 0.243. The fraction of sp³-hybridized carbons (Fsp3) is 0.464. The molecule has 2 aliphatic rings. The number of carboxylic acid groups (broad SMARTS) is 1. The van der Waals surface area contributed by atoms with Gasteiger partial charge in [0.2, 0.25) is 0 Å². The summed E-state index contributed by atoms with van der Waals surface area (Å²) in [4.78, 5) is 19.7. The van der Waals surface area contributed by atoms with E-state index in [1.807, 2.05) is 0 Å². The molecule has 4 N–H and O–H groups in total. The van der Waals surface area contributed by atoms with E-state index in [1.165, 1.54) is 30.4 Å². The van der Waals surface area contributed by atoms with Crippen LogP contribution in [0.4, 0.5) is 13.2 Å². The van der Waals surface area contributed by atoms with Crippen molar-refractivity contribution in [2.45, 2.75) is 47.2 Å². The van der Waals surface area contributed by atoms with Crippen molar-refractivity contribution < 1.29 is 57.3 Å². The normalized spacial score (nSPS) is 27.2. The number of aromatic nitrogens is 8. The third-order valence-electron chi connectivity index (χ3n) is 7.93. The SMILES string of the molecule is COc1ncc(-c2cn([C@H]3COC[C@@H](S[C@@H]4O[C@H](CO)[C@H](O)[C@H](n5cc(-c6cc(F)c(F)c(F)c6)nn5)[C@H]4OCC(=O)O)[C@@H]3O)nn2)cn1. The van der Waals surface area contributed by atoms with Gasteiger partial charge in [0.15, 0.2) is 17.5 Å². The van der Waals surface area contributed by atoms with Gasteiger partial charge in [0.05, 0.1) is 50.7 Å². The van der Waals surface area contributed by atoms with Gasteiger partial charge in [-0.05, 0) is 12.1 Å². The van der Waals surface area contributed by atoms with Crippen molar-refractivity contribution in [2.75, 3.05) is 33.5 Å². The second kappa shape index (κ2) is 14.7. The zero-order valence-electron chi connectivity index (χ0n) is 25.4. The van der Waals surface area contributed by atoms with Crippen molar-refractivity contribution in [3.8, 4) is 28.5 Å². The molecular formula is C28H29F3N8O9S. The number of aliphatic carboxylic acids is 1. The molecule has 17 nitrogen and oxygen atoms in total. The molecule has 2 saturated heterocycles. The van der Waals surface area contributed by atoms with Gasteiger partial charge in [-0.3, -0.25) is 0 Å². The summed E-state index contributed by atoms with van der Waals surface area (Å²) in [6.07, 6.45) is 0.570. The van der Waals surface area contributed by atoms with Gasteiger partial charge >= 0.3 is 12.0 Å². The average molecular weight is 711 g/mol. The number of aliphatic hydroxyl groups is 3. The molecule has 8 atom stereocenters. The minimum Gasteiger partial charge on any atom is -0.480 e. The summed E-state index contributed by atoms with van der Waals surface area (Å²) >= 11 is 1.01. The maximum Gasteiger partial charge on any atom is 0.329 e. The summed E-state index contributed by atoms with van der Waals surface area (Å²) in [5.41, 5.74) is -0.443. The van der Waals surface area contributed by atoms with Crippen LogP contribution in [-0.2, 0) is 19.0 Å². The Balaban J connectivity index is 1.25. The molecule has 5 heterocycles. The molecule has 0 spiro atoms. The molecule has 2 fully saturated rings. The first kappa shape index (κ1) is 34.6. The monoisotopic (exact) mass is 710 g/mol. The smallest absolute Gasteiger partial charge is 0.329 e. The molecule has 2 aliphatic heterocycles. The lowest BCUT2D eigenvalue weighted by Crippen LogP contribution is -2.57. The van der Waals surface area contributed by atoms with Crippen molar-refractivity contribution in [1.82, 2.24) is 40.0 Å². The molecule has 0 aliphatic carbocycles. The van der Waals surface area contributed by atoms with Crippen molar-refractivity contribution in [1.29, 1.82) is 0 Å². The lowest BCUT2D eigenvalue weighted by Gasteiger charge is -2.45. The number of halogens is 3. The highest BCUT2D eigenvalue weighted by atomic mass is 32.2. The number of ether oxygens (including phenoxy) is 4. The van der Waals surface area contributed by atoms with Gasteiger partial charge in [0.25, 0.3) is 0 Å². The van der Waals surface area contributed by atoms with Crippen LogP contribution in [0.3, 0.4) is 0 Å². The first-order chi connectivity index (χ1) is 23.6. The highest BCUT2D eigenvalue weighted by Crippen LogP contribution is 2.41. The number of carboxylic acids is 1. The molecule has 0 unspecified atom stereocenters. The number of aliphatic hydroxyl groups excluding tert-OH is 3. The van der Waals surface area contributed by atoms with Crippen LogP contribution in [0, 0.1) is 17.5 Å². The lowest BCUT2D eigenvalue weighted by molar-refractivity contribution is -0.197. The zero-order valence-corrected chi connectivity index (χ0v) is 26.2. The maximum atomic E-state index is 13.9. The van der Waals surface area contributed by atoms with Gasteiger partial charge in [-0.1, -0.05) is 10.4 Å². The summed E-state index contributed by atoms with van der Waals surface area (Å²) < 4.78 is 66.4. The summed E-state index contributed by atoms with van der Waals surface area (Å²) in [6, 6.07) is -0.391. The van der Waals surface area contributed by atoms with Gasteiger partial charge < -0.3 is 39.4 Å². The van der Waals surface area contributed by atoms with Crippen LogP contribution in [0.25, 0.3) is 22.5 Å². The number of carbonyl (C=O) groups is 1. The first-order valence-corrected chi connectivity index (χ1v) is 15.6. The zero-order chi connectivity index (χ0) is 34.8. The van der Waals surface area contributed by atoms with Crippen molar-refractivity contribution >= 4 is 17.7 Å². The predicted molar refractivity (Wildman–Crippen MR) is 158 cm³/mol. The van der Waals surface area contributed by atoms with E-state index in [9.17, 15) is 38.4 Å². The first-order valence-electron chi connectivity index (χ1n) is 14.6. The topological polar surface area (TPSA) is 222 Å². The van der Waals surface area contributed by atoms with E-state index in [0.717, 1.165) is 16.4 Å². The fourth-order valence-corrected chi connectivity index (χ4v) is 6.94. The van der Waals surface area contributed by atoms with Crippen molar-refractivity contribution in [2.24, 2.45) is 0 Å². The molecule has 3 aromatic heterocycles. The standard InChI is InChI=1S/C28H29F3N8O9S/c1-45-28-32-4-13(5-33-28)17-6-38(36-35-17)18-9-46-10-20(24(18)43)49-27-26(47-11-21(41)42)23(25(44)19(8-40)48-27)39-7-16(34-37-39)12-2-14(29)22(31)15(30)3-12/h2-7,18-20,23-27,40,43-44H,8-11H2,1H3,(H,41,42)/t18-,19+,20+,23-,24+,25-,26+,27-/m0/s1. The van der Waals surface area contributed by atoms with Crippen LogP contribution in [0.5, 0.6) is 6.01 Å². The highest BCUT2D eigenvalue weighted by Gasteiger charge is 2.50. The van der Waals surface area contributed by atoms with Gasteiger partial charge in [-0.2, -0.15) is 0 Å². The molecule has 4 aromatic rings. The number of thioether (sulfide) groups is 1. The lowest BCUT2D eigenvalue weighted by atomic mass is 9.97. The Bertz CT molecular complexity index is 1750. The molecule has 262 valence electrons. The number of nitrogens with zero attached hydrogens (tertiary/aromatic N) is 8. The largest absolute Gasteiger partial charge is 0.480 e. The van der Waals surface area contributed by atoms with E-state index in [4.69, 9.17) is 18.9 Å². The number of hydrogen-bond acceptors (Lipinski definition) is 15. The number of rotatable bonds is 11. The van der Waals surface area contributed by atoms with Crippen LogP contribution < -0.4 is 4.74 Å². The van der Waals surface area contributed by atoms with Gasteiger partial charge in [-0.15, -0.1) is 22.0 Å². The van der Waals surface area contributed by atoms with E-state index < -0.39 is 83.8 Å². The van der Waals surface area contributed by atoms with E-state index in [0.29, 0.717) is 23.4 Å². The molecule has 1 aromatic carbocycles. The minimum atomic E-state index is -1.67. The molecule has 0 bridgehead atoms. The molecule has 0 saturated carbocycles. The van der Waals surface area contributed by atoms with Crippen LogP contribution in [0.15, 0.2) is 36.9 Å². The van der Waals surface area contributed by atoms with E-state index in [2.05, 4.69) is 30.6 Å². The highest BCUT2D eigenvalue weighted by molar-refractivity contribution is 8.00. The number of hydrogen-bond donors (Lipinski definition) is 4. The molecule has 0 amide bonds. The van der Waals surface area contributed by atoms with Gasteiger partial charge in [0, 0.05) is 23.5 Å². The Morgan fingerprint density at radius 3 is 2.31 bits per heavy atom.